The molecule has 37 heavy (non-hydrogen) atoms. The molecular formula is C30H47BF2NO3+. The normalized spacial score (nSPS) is 12.4. The molecule has 1 atom stereocenters. The minimum Gasteiger partial charge on any atom is -0.498 e. The predicted molar refractivity (Wildman–Crippen MR) is 149 cm³/mol. The maximum absolute atomic E-state index is 16.1. The molecule has 0 saturated carbocycles. The Hall–Kier alpha value is -2.12. The topological polar surface area (TPSA) is 27.7 Å². The van der Waals surface area contributed by atoms with E-state index in [0.717, 1.165) is 75.5 Å². The minimum atomic E-state index is -1.26. The van der Waals surface area contributed by atoms with E-state index in [1.54, 1.807) is 18.2 Å². The van der Waals surface area contributed by atoms with Crippen molar-refractivity contribution in [1.29, 1.82) is 0 Å². The summed E-state index contributed by atoms with van der Waals surface area (Å²) in [5, 5.41) is 0. The van der Waals surface area contributed by atoms with Gasteiger partial charge in [-0.1, -0.05) is 72.1 Å². The Morgan fingerprint density at radius 2 is 1.35 bits per heavy atom. The largest absolute Gasteiger partial charge is 0.788 e. The summed E-state index contributed by atoms with van der Waals surface area (Å²) in [6, 6.07) is 11.4. The van der Waals surface area contributed by atoms with E-state index >= 15 is 4.39 Å². The van der Waals surface area contributed by atoms with Gasteiger partial charge in [0, 0.05) is 18.6 Å². The van der Waals surface area contributed by atoms with Crippen molar-refractivity contribution in [2.75, 3.05) is 26.2 Å². The zero-order chi connectivity index (χ0) is 27.1. The summed E-state index contributed by atoms with van der Waals surface area (Å²) in [4.78, 5) is 0. The molecule has 0 fully saturated rings. The van der Waals surface area contributed by atoms with E-state index in [2.05, 4.69) is 34.6 Å². The number of para-hydroxylation sites is 1. The van der Waals surface area contributed by atoms with Gasteiger partial charge in [-0.25, -0.2) is 8.78 Å². The standard InChI is InChI=1S/C30H47BF2NO3/c1-6-11-12-15-24-35-31(36-28-19-14-13-18-26(28)32)37-29-20-16-17-25(30(29)33)27(10-5)34(21-7-2,22-8-3)23-9-4/h13-14,16-20,27H,6-12,15,21-24H2,1-5H3/q+1. The van der Waals surface area contributed by atoms with Crippen LogP contribution in [-0.4, -0.2) is 38.0 Å². The van der Waals surface area contributed by atoms with Crippen LogP contribution in [0.3, 0.4) is 0 Å². The second-order valence-electron chi connectivity index (χ2n) is 9.86. The molecule has 2 aromatic rings. The molecule has 0 amide bonds. The average Bonchev–Trinajstić information content (AvgIpc) is 2.88. The molecule has 4 nitrogen and oxygen atoms in total. The van der Waals surface area contributed by atoms with Crippen molar-refractivity contribution >= 4 is 7.32 Å². The van der Waals surface area contributed by atoms with E-state index < -0.39 is 19.0 Å². The van der Waals surface area contributed by atoms with E-state index in [4.69, 9.17) is 14.0 Å². The van der Waals surface area contributed by atoms with Crippen molar-refractivity contribution in [2.45, 2.75) is 92.0 Å². The molecule has 0 spiro atoms. The maximum atomic E-state index is 16.1. The van der Waals surface area contributed by atoms with Crippen LogP contribution in [-0.2, 0) is 4.65 Å². The van der Waals surface area contributed by atoms with Crippen LogP contribution >= 0.6 is 0 Å². The lowest BCUT2D eigenvalue weighted by Gasteiger charge is -2.45. The molecule has 1 unspecified atom stereocenters. The highest BCUT2D eigenvalue weighted by molar-refractivity contribution is 6.38. The molecule has 206 valence electrons. The molecule has 0 aliphatic heterocycles. The number of hydrogen-bond acceptors (Lipinski definition) is 3. The van der Waals surface area contributed by atoms with Gasteiger partial charge in [0.15, 0.2) is 11.6 Å². The third kappa shape index (κ3) is 9.00. The minimum absolute atomic E-state index is 0.00794. The molecule has 2 aromatic carbocycles. The number of quaternary nitrogens is 1. The Morgan fingerprint density at radius 1 is 0.730 bits per heavy atom. The van der Waals surface area contributed by atoms with Gasteiger partial charge in [0.25, 0.3) is 0 Å². The molecule has 0 saturated heterocycles. The fraction of sp³-hybridized carbons (Fsp3) is 0.600. The van der Waals surface area contributed by atoms with Gasteiger partial charge in [-0.2, -0.15) is 0 Å². The summed E-state index contributed by atoms with van der Waals surface area (Å²) in [5.74, 6) is -0.842. The summed E-state index contributed by atoms with van der Waals surface area (Å²) in [7, 11) is -1.26. The average molecular weight is 519 g/mol. The van der Waals surface area contributed by atoms with Gasteiger partial charge in [0.1, 0.15) is 17.5 Å². The molecule has 0 aliphatic carbocycles. The number of rotatable bonds is 19. The monoisotopic (exact) mass is 518 g/mol. The fourth-order valence-corrected chi connectivity index (χ4v) is 5.47. The number of nitrogens with zero attached hydrogens (tertiary/aromatic N) is 1. The Bertz CT molecular complexity index is 897. The van der Waals surface area contributed by atoms with Gasteiger partial charge in [0.05, 0.1) is 19.6 Å². The van der Waals surface area contributed by atoms with Gasteiger partial charge < -0.3 is 18.4 Å². The van der Waals surface area contributed by atoms with Crippen LogP contribution in [0.5, 0.6) is 11.5 Å². The molecule has 2 rings (SSSR count). The maximum Gasteiger partial charge on any atom is 0.788 e. The summed E-state index contributed by atoms with van der Waals surface area (Å²) < 4.78 is 48.8. The third-order valence-electron chi connectivity index (χ3n) is 6.94. The van der Waals surface area contributed by atoms with Crippen molar-refractivity contribution in [3.05, 3.63) is 59.7 Å². The first-order chi connectivity index (χ1) is 18.0. The lowest BCUT2D eigenvalue weighted by molar-refractivity contribution is -0.957. The number of halogens is 2. The first-order valence-electron chi connectivity index (χ1n) is 14.3. The predicted octanol–water partition coefficient (Wildman–Crippen LogP) is 8.50. The van der Waals surface area contributed by atoms with Crippen LogP contribution in [0.25, 0.3) is 0 Å². The fourth-order valence-electron chi connectivity index (χ4n) is 5.47. The number of unbranched alkanes of at least 4 members (excludes halogenated alkanes) is 3. The van der Waals surface area contributed by atoms with E-state index in [9.17, 15) is 4.39 Å². The van der Waals surface area contributed by atoms with E-state index in [-0.39, 0.29) is 17.5 Å². The van der Waals surface area contributed by atoms with Crippen molar-refractivity contribution in [1.82, 2.24) is 0 Å². The number of benzene rings is 2. The lowest BCUT2D eigenvalue weighted by Crippen LogP contribution is -2.52. The van der Waals surface area contributed by atoms with Crippen molar-refractivity contribution in [2.24, 2.45) is 0 Å². The van der Waals surface area contributed by atoms with E-state index in [1.807, 2.05) is 12.1 Å². The van der Waals surface area contributed by atoms with Crippen LogP contribution < -0.4 is 9.31 Å². The lowest BCUT2D eigenvalue weighted by atomic mass is 9.96. The first-order valence-corrected chi connectivity index (χ1v) is 14.3. The highest BCUT2D eigenvalue weighted by Crippen LogP contribution is 2.37. The molecule has 0 aliphatic rings. The van der Waals surface area contributed by atoms with Gasteiger partial charge in [-0.3, -0.25) is 0 Å². The van der Waals surface area contributed by atoms with Crippen LogP contribution in [0.15, 0.2) is 42.5 Å². The summed E-state index contributed by atoms with van der Waals surface area (Å²) in [5.41, 5.74) is 0.655. The van der Waals surface area contributed by atoms with Gasteiger partial charge in [-0.05, 0) is 49.9 Å². The SMILES string of the molecule is CCCCCCOB(Oc1ccccc1F)Oc1cccc(C(CC)[N+](CCC)(CCC)CCC)c1F. The molecular weight excluding hydrogens is 471 g/mol. The van der Waals surface area contributed by atoms with Gasteiger partial charge in [0.2, 0.25) is 0 Å². The van der Waals surface area contributed by atoms with E-state index in [1.165, 1.54) is 12.1 Å². The zero-order valence-corrected chi connectivity index (χ0v) is 23.6. The van der Waals surface area contributed by atoms with Gasteiger partial charge >= 0.3 is 7.32 Å². The Morgan fingerprint density at radius 3 is 1.95 bits per heavy atom. The second-order valence-corrected chi connectivity index (χ2v) is 9.86. The van der Waals surface area contributed by atoms with Gasteiger partial charge in [-0.15, -0.1) is 0 Å². The smallest absolute Gasteiger partial charge is 0.498 e. The number of hydrogen-bond donors (Lipinski definition) is 0. The van der Waals surface area contributed by atoms with Crippen molar-refractivity contribution in [3.63, 3.8) is 0 Å². The van der Waals surface area contributed by atoms with Crippen molar-refractivity contribution in [3.8, 4) is 11.5 Å². The third-order valence-corrected chi connectivity index (χ3v) is 6.94. The zero-order valence-electron chi connectivity index (χ0n) is 23.6. The molecule has 0 radical (unpaired) electrons. The Kier molecular flexibility index (Phi) is 14.0. The summed E-state index contributed by atoms with van der Waals surface area (Å²) in [6.45, 7) is 14.3. The molecule has 0 aromatic heterocycles. The molecule has 0 N–H and O–H groups in total. The quantitative estimate of drug-likeness (QED) is 0.106. The van der Waals surface area contributed by atoms with Crippen LogP contribution in [0.4, 0.5) is 8.78 Å². The van der Waals surface area contributed by atoms with E-state index in [0.29, 0.717) is 12.2 Å². The van der Waals surface area contributed by atoms with Crippen LogP contribution in [0, 0.1) is 11.6 Å². The Balaban J connectivity index is 2.35. The first kappa shape index (κ1) is 31.1. The molecule has 0 bridgehead atoms. The highest BCUT2D eigenvalue weighted by atomic mass is 19.1. The Labute approximate surface area is 224 Å². The molecule has 0 heterocycles. The summed E-state index contributed by atoms with van der Waals surface area (Å²) >= 11 is 0. The van der Waals surface area contributed by atoms with Crippen LogP contribution in [0.1, 0.15) is 97.6 Å². The second kappa shape index (κ2) is 16.7. The van der Waals surface area contributed by atoms with Crippen molar-refractivity contribution < 1.29 is 27.2 Å². The molecule has 7 heteroatoms. The summed E-state index contributed by atoms with van der Waals surface area (Å²) in [6.07, 6.45) is 7.98. The van der Waals surface area contributed by atoms with Crippen LogP contribution in [0.2, 0.25) is 0 Å². The highest BCUT2D eigenvalue weighted by Gasteiger charge is 2.38.